The summed E-state index contributed by atoms with van der Waals surface area (Å²) in [7, 11) is 0. The summed E-state index contributed by atoms with van der Waals surface area (Å²) in [5.41, 5.74) is -1.54. The van der Waals surface area contributed by atoms with Gasteiger partial charge < -0.3 is 14.7 Å². The first-order valence-corrected chi connectivity index (χ1v) is 9.16. The molecule has 2 aromatic rings. The summed E-state index contributed by atoms with van der Waals surface area (Å²) in [6.07, 6.45) is -5.41. The number of halogens is 4. The number of nitrogens with zero attached hydrogens (tertiary/aromatic N) is 1. The lowest BCUT2D eigenvalue weighted by Crippen LogP contribution is -2.46. The van der Waals surface area contributed by atoms with Crippen LogP contribution in [0.5, 0.6) is 0 Å². The molecule has 0 amide bonds. The summed E-state index contributed by atoms with van der Waals surface area (Å²) in [6.45, 7) is 1.68. The first-order valence-electron chi connectivity index (χ1n) is 9.16. The fourth-order valence-electron chi connectivity index (χ4n) is 3.18. The highest BCUT2D eigenvalue weighted by Crippen LogP contribution is 2.41. The zero-order valence-corrected chi connectivity index (χ0v) is 15.9. The van der Waals surface area contributed by atoms with Gasteiger partial charge >= 0.3 is 12.1 Å². The molecule has 1 aliphatic heterocycles. The number of benzene rings is 2. The number of ether oxygens (including phenoxy) is 1. The Balaban J connectivity index is 1.95. The van der Waals surface area contributed by atoms with Crippen molar-refractivity contribution < 1.29 is 37.0 Å². The number of carbonyl (C=O) groups is 1. The quantitative estimate of drug-likeness (QED) is 0.626. The van der Waals surface area contributed by atoms with Gasteiger partial charge in [-0.05, 0) is 41.8 Å². The third kappa shape index (κ3) is 4.46. The van der Waals surface area contributed by atoms with E-state index in [1.165, 1.54) is 24.3 Å². The number of carboxylic acid groups (broad SMARTS) is 1. The van der Waals surface area contributed by atoms with E-state index in [1.807, 2.05) is 0 Å². The predicted molar refractivity (Wildman–Crippen MR) is 99.2 cm³/mol. The summed E-state index contributed by atoms with van der Waals surface area (Å²) in [5, 5.41) is 13.7. The highest BCUT2D eigenvalue weighted by molar-refractivity contribution is 5.93. The molecule has 1 N–H and O–H groups in total. The van der Waals surface area contributed by atoms with Gasteiger partial charge in [-0.25, -0.2) is 9.18 Å². The molecule has 160 valence electrons. The number of rotatable bonds is 7. The third-order valence-electron chi connectivity index (χ3n) is 4.87. The van der Waals surface area contributed by atoms with Crippen molar-refractivity contribution in [1.29, 1.82) is 0 Å². The van der Waals surface area contributed by atoms with E-state index in [4.69, 9.17) is 9.57 Å². The lowest BCUT2D eigenvalue weighted by Gasteiger charge is -2.31. The lowest BCUT2D eigenvalue weighted by molar-refractivity contribution is -0.187. The molecule has 0 fully saturated rings. The average Bonchev–Trinajstić information content (AvgIpc) is 3.15. The van der Waals surface area contributed by atoms with Crippen LogP contribution in [0.15, 0.2) is 53.7 Å². The highest BCUT2D eigenvalue weighted by atomic mass is 19.4. The van der Waals surface area contributed by atoms with Gasteiger partial charge in [0.25, 0.3) is 5.60 Å². The lowest BCUT2D eigenvalue weighted by atomic mass is 9.85. The van der Waals surface area contributed by atoms with Crippen molar-refractivity contribution in [2.45, 2.75) is 44.3 Å². The SMILES string of the molecule is CCC1=NOC(C(=O)O)(C(OCc2ccc(F)cc2)c2ccc(C(F)(F)F)cc2)C1. The van der Waals surface area contributed by atoms with Crippen LogP contribution in [0.3, 0.4) is 0 Å². The van der Waals surface area contributed by atoms with Gasteiger partial charge in [-0.1, -0.05) is 36.3 Å². The van der Waals surface area contributed by atoms with Crippen molar-refractivity contribution in [1.82, 2.24) is 0 Å². The fraction of sp³-hybridized carbons (Fsp3) is 0.333. The van der Waals surface area contributed by atoms with Crippen LogP contribution < -0.4 is 0 Å². The Bertz CT molecular complexity index is 926. The molecule has 30 heavy (non-hydrogen) atoms. The van der Waals surface area contributed by atoms with E-state index < -0.39 is 35.2 Å². The third-order valence-corrected chi connectivity index (χ3v) is 4.87. The molecule has 1 heterocycles. The molecule has 0 bridgehead atoms. The number of carboxylic acids is 1. The second kappa shape index (κ2) is 8.43. The number of hydrogen-bond donors (Lipinski definition) is 1. The Morgan fingerprint density at radius 3 is 2.33 bits per heavy atom. The first-order chi connectivity index (χ1) is 14.2. The molecule has 2 atom stereocenters. The molecule has 0 aliphatic carbocycles. The van der Waals surface area contributed by atoms with Gasteiger partial charge in [-0.3, -0.25) is 0 Å². The van der Waals surface area contributed by atoms with Gasteiger partial charge in [-0.15, -0.1) is 0 Å². The minimum atomic E-state index is -4.53. The molecule has 1 aliphatic rings. The maximum Gasteiger partial charge on any atom is 0.416 e. The van der Waals surface area contributed by atoms with Crippen LogP contribution in [-0.2, 0) is 27.2 Å². The summed E-state index contributed by atoms with van der Waals surface area (Å²) in [6, 6.07) is 9.43. The monoisotopic (exact) mass is 425 g/mol. The van der Waals surface area contributed by atoms with Gasteiger partial charge in [-0.2, -0.15) is 13.2 Å². The van der Waals surface area contributed by atoms with Crippen molar-refractivity contribution in [2.75, 3.05) is 0 Å². The molecule has 0 aromatic heterocycles. The van der Waals surface area contributed by atoms with Crippen molar-refractivity contribution in [3.05, 3.63) is 71.0 Å². The highest BCUT2D eigenvalue weighted by Gasteiger charge is 2.54. The topological polar surface area (TPSA) is 68.1 Å². The molecule has 3 rings (SSSR count). The standard InChI is InChI=1S/C21H19F4NO4/c1-2-17-11-20(19(27)28,30-26-17)18(29-12-13-3-9-16(22)10-4-13)14-5-7-15(8-6-14)21(23,24)25/h3-10,18H,2,11-12H2,1H3,(H,27,28). The van der Waals surface area contributed by atoms with E-state index in [2.05, 4.69) is 5.16 Å². The Hall–Kier alpha value is -2.94. The van der Waals surface area contributed by atoms with Crippen LogP contribution in [0, 0.1) is 5.82 Å². The maximum absolute atomic E-state index is 13.1. The fourth-order valence-corrected chi connectivity index (χ4v) is 3.18. The minimum absolute atomic E-state index is 0.0755. The normalized spacial score (nSPS) is 19.8. The van der Waals surface area contributed by atoms with Gasteiger partial charge in [0.2, 0.25) is 0 Å². The molecule has 0 saturated carbocycles. The number of oxime groups is 1. The van der Waals surface area contributed by atoms with Gasteiger partial charge in [0.1, 0.15) is 11.9 Å². The zero-order valence-electron chi connectivity index (χ0n) is 15.9. The van der Waals surface area contributed by atoms with Crippen LogP contribution in [0.1, 0.15) is 42.6 Å². The Morgan fingerprint density at radius 1 is 1.20 bits per heavy atom. The predicted octanol–water partition coefficient (Wildman–Crippen LogP) is 5.11. The summed E-state index contributed by atoms with van der Waals surface area (Å²) in [5.74, 6) is -1.79. The Kier molecular flexibility index (Phi) is 6.12. The van der Waals surface area contributed by atoms with E-state index in [-0.39, 0.29) is 18.6 Å². The molecule has 0 saturated heterocycles. The van der Waals surface area contributed by atoms with E-state index in [9.17, 15) is 27.5 Å². The van der Waals surface area contributed by atoms with Crippen LogP contribution >= 0.6 is 0 Å². The average molecular weight is 425 g/mol. The van der Waals surface area contributed by atoms with Gasteiger partial charge in [0.15, 0.2) is 0 Å². The van der Waals surface area contributed by atoms with Crippen LogP contribution in [-0.4, -0.2) is 22.4 Å². The minimum Gasteiger partial charge on any atom is -0.478 e. The molecule has 5 nitrogen and oxygen atoms in total. The van der Waals surface area contributed by atoms with Crippen molar-refractivity contribution in [2.24, 2.45) is 5.16 Å². The Morgan fingerprint density at radius 2 is 1.83 bits per heavy atom. The van der Waals surface area contributed by atoms with Gasteiger partial charge in [0, 0.05) is 6.42 Å². The first kappa shape index (κ1) is 21.8. The van der Waals surface area contributed by atoms with Crippen molar-refractivity contribution in [3.63, 3.8) is 0 Å². The Labute approximate surface area is 169 Å². The van der Waals surface area contributed by atoms with Crippen LogP contribution in [0.4, 0.5) is 17.6 Å². The molecular formula is C21H19F4NO4. The van der Waals surface area contributed by atoms with Crippen LogP contribution in [0.25, 0.3) is 0 Å². The summed E-state index contributed by atoms with van der Waals surface area (Å²) >= 11 is 0. The van der Waals surface area contributed by atoms with E-state index in [0.29, 0.717) is 17.7 Å². The second-order valence-corrected chi connectivity index (χ2v) is 6.91. The van der Waals surface area contributed by atoms with Crippen molar-refractivity contribution in [3.8, 4) is 0 Å². The molecule has 2 aromatic carbocycles. The zero-order chi connectivity index (χ0) is 21.9. The van der Waals surface area contributed by atoms with Crippen LogP contribution in [0.2, 0.25) is 0 Å². The van der Waals surface area contributed by atoms with Gasteiger partial charge in [0.05, 0.1) is 17.9 Å². The smallest absolute Gasteiger partial charge is 0.416 e. The number of hydrogen-bond acceptors (Lipinski definition) is 4. The summed E-state index contributed by atoms with van der Waals surface area (Å²) in [4.78, 5) is 17.5. The number of alkyl halides is 3. The maximum atomic E-state index is 13.1. The molecule has 2 unspecified atom stereocenters. The largest absolute Gasteiger partial charge is 0.478 e. The van der Waals surface area contributed by atoms with E-state index in [0.717, 1.165) is 24.3 Å². The van der Waals surface area contributed by atoms with E-state index in [1.54, 1.807) is 6.92 Å². The molecule has 0 radical (unpaired) electrons. The van der Waals surface area contributed by atoms with Crippen molar-refractivity contribution >= 4 is 11.7 Å². The second-order valence-electron chi connectivity index (χ2n) is 6.91. The molecule has 9 heteroatoms. The summed E-state index contributed by atoms with van der Waals surface area (Å²) < 4.78 is 57.7. The number of aliphatic carboxylic acids is 1. The molecular weight excluding hydrogens is 406 g/mol. The molecule has 0 spiro atoms. The van der Waals surface area contributed by atoms with E-state index >= 15 is 0 Å².